The van der Waals surface area contributed by atoms with Gasteiger partial charge in [-0.1, -0.05) is 264 Å². The van der Waals surface area contributed by atoms with Crippen molar-refractivity contribution in [3.05, 3.63) is 122 Å². The van der Waals surface area contributed by atoms with Crippen LogP contribution in [0.1, 0.15) is 290 Å². The maximum Gasteiger partial charge on any atom is 0.306 e. The first kappa shape index (κ1) is 72.8. The van der Waals surface area contributed by atoms with Crippen LogP contribution in [0.15, 0.2) is 122 Å². The highest BCUT2D eigenvalue weighted by Crippen LogP contribution is 2.15. The molecular formula is C71H118O6. The first-order chi connectivity index (χ1) is 38.0. The van der Waals surface area contributed by atoms with Gasteiger partial charge in [-0.3, -0.25) is 14.4 Å². The molecule has 0 aliphatic rings. The third kappa shape index (κ3) is 62.5. The number of carbonyl (C=O) groups is 3. The van der Waals surface area contributed by atoms with Gasteiger partial charge in [-0.05, 0) is 128 Å². The molecule has 0 spiro atoms. The Hall–Kier alpha value is -4.19. The molecule has 0 rings (SSSR count). The number of rotatable bonds is 57. The van der Waals surface area contributed by atoms with E-state index in [0.29, 0.717) is 19.3 Å². The second kappa shape index (κ2) is 64.3. The summed E-state index contributed by atoms with van der Waals surface area (Å²) in [6, 6.07) is 0. The average Bonchev–Trinajstić information content (AvgIpc) is 3.43. The summed E-state index contributed by atoms with van der Waals surface area (Å²) in [4.78, 5) is 38.3. The van der Waals surface area contributed by atoms with E-state index in [9.17, 15) is 14.4 Å². The van der Waals surface area contributed by atoms with E-state index in [1.165, 1.54) is 109 Å². The van der Waals surface area contributed by atoms with Gasteiger partial charge in [0.05, 0.1) is 0 Å². The Bertz CT molecular complexity index is 1600. The van der Waals surface area contributed by atoms with Crippen LogP contribution in [0, 0.1) is 0 Å². The van der Waals surface area contributed by atoms with Gasteiger partial charge in [-0.15, -0.1) is 0 Å². The molecule has 0 radical (unpaired) electrons. The molecule has 0 aliphatic heterocycles. The highest BCUT2D eigenvalue weighted by Gasteiger charge is 2.19. The zero-order valence-corrected chi connectivity index (χ0v) is 50.2. The fourth-order valence-corrected chi connectivity index (χ4v) is 8.61. The number of esters is 3. The second-order valence-electron chi connectivity index (χ2n) is 20.9. The van der Waals surface area contributed by atoms with Crippen LogP contribution < -0.4 is 0 Å². The lowest BCUT2D eigenvalue weighted by molar-refractivity contribution is -0.167. The lowest BCUT2D eigenvalue weighted by Gasteiger charge is -2.18. The number of allylic oxidation sites excluding steroid dienone is 20. The van der Waals surface area contributed by atoms with Crippen molar-refractivity contribution in [3.63, 3.8) is 0 Å². The molecule has 438 valence electrons. The van der Waals surface area contributed by atoms with Gasteiger partial charge in [0.25, 0.3) is 0 Å². The fraction of sp³-hybridized carbons (Fsp3) is 0.676. The Labute approximate surface area is 475 Å². The minimum Gasteiger partial charge on any atom is -0.462 e. The molecule has 6 heteroatoms. The van der Waals surface area contributed by atoms with Crippen molar-refractivity contribution in [2.75, 3.05) is 13.2 Å². The van der Waals surface area contributed by atoms with E-state index >= 15 is 0 Å². The van der Waals surface area contributed by atoms with E-state index in [4.69, 9.17) is 14.2 Å². The molecule has 0 heterocycles. The van der Waals surface area contributed by atoms with Crippen molar-refractivity contribution in [1.29, 1.82) is 0 Å². The van der Waals surface area contributed by atoms with Crippen molar-refractivity contribution >= 4 is 17.9 Å². The molecule has 0 aromatic carbocycles. The van der Waals surface area contributed by atoms with Crippen LogP contribution in [-0.4, -0.2) is 37.2 Å². The first-order valence-corrected chi connectivity index (χ1v) is 32.0. The van der Waals surface area contributed by atoms with E-state index in [2.05, 4.69) is 142 Å². The first-order valence-electron chi connectivity index (χ1n) is 32.0. The quantitative estimate of drug-likeness (QED) is 0.0261. The van der Waals surface area contributed by atoms with Gasteiger partial charge < -0.3 is 14.2 Å². The van der Waals surface area contributed by atoms with Crippen molar-refractivity contribution in [2.24, 2.45) is 0 Å². The number of unbranched alkanes of at least 4 members (excludes halogenated alkanes) is 26. The lowest BCUT2D eigenvalue weighted by Crippen LogP contribution is -2.30. The maximum absolute atomic E-state index is 12.9. The van der Waals surface area contributed by atoms with Crippen molar-refractivity contribution in [2.45, 2.75) is 297 Å². The molecular weight excluding hydrogens is 949 g/mol. The van der Waals surface area contributed by atoms with E-state index in [1.807, 2.05) is 0 Å². The number of hydrogen-bond acceptors (Lipinski definition) is 6. The molecule has 0 amide bonds. The largest absolute Gasteiger partial charge is 0.462 e. The summed E-state index contributed by atoms with van der Waals surface area (Å²) in [5.41, 5.74) is 0. The molecule has 77 heavy (non-hydrogen) atoms. The molecule has 0 aliphatic carbocycles. The molecule has 0 bridgehead atoms. The predicted molar refractivity (Wildman–Crippen MR) is 334 cm³/mol. The average molecular weight is 1070 g/mol. The Kier molecular flexibility index (Phi) is 60.8. The molecule has 6 nitrogen and oxygen atoms in total. The summed E-state index contributed by atoms with van der Waals surface area (Å²) >= 11 is 0. The minimum absolute atomic E-state index is 0.0922. The predicted octanol–water partition coefficient (Wildman–Crippen LogP) is 22.0. The summed E-state index contributed by atoms with van der Waals surface area (Å²) in [5, 5.41) is 0. The third-order valence-corrected chi connectivity index (χ3v) is 13.4. The summed E-state index contributed by atoms with van der Waals surface area (Å²) in [7, 11) is 0. The van der Waals surface area contributed by atoms with Crippen molar-refractivity contribution < 1.29 is 28.6 Å². The summed E-state index contributed by atoms with van der Waals surface area (Å²) in [6.45, 7) is 6.46. The normalized spacial score (nSPS) is 12.9. The highest BCUT2D eigenvalue weighted by atomic mass is 16.6. The summed E-state index contributed by atoms with van der Waals surface area (Å²) in [6.07, 6.45) is 89.1. The van der Waals surface area contributed by atoms with Crippen molar-refractivity contribution in [3.8, 4) is 0 Å². The Balaban J connectivity index is 4.38. The Morgan fingerprint density at radius 2 is 0.519 bits per heavy atom. The standard InChI is InChI=1S/C71H118O6/c1-4-7-10-13-16-19-22-25-28-30-32-33-34-35-36-37-38-39-40-42-43-46-49-52-55-58-61-64-70(73)76-67-68(66-75-69(72)63-60-57-54-51-48-45-27-24-21-18-15-12-9-6-3)77-71(74)65-62-59-56-53-50-47-44-41-31-29-26-23-20-17-14-11-8-5-2/h7,10,15-16,18-20,23-25,27-29,31-33,35-36,38-39,68H,4-6,8-9,11-14,17,21-22,26,30,34,37,40-67H2,1-3H3/b10-7-,18-15-,19-16-,23-20-,27-24-,28-25-,31-29-,33-32-,36-35-,39-38-. The molecule has 0 N–H and O–H groups in total. The van der Waals surface area contributed by atoms with E-state index < -0.39 is 6.10 Å². The number of carbonyl (C=O) groups excluding carboxylic acids is 3. The molecule has 0 fully saturated rings. The zero-order valence-electron chi connectivity index (χ0n) is 50.2. The molecule has 0 aromatic heterocycles. The van der Waals surface area contributed by atoms with E-state index in [-0.39, 0.29) is 31.1 Å². The molecule has 0 saturated heterocycles. The maximum atomic E-state index is 12.9. The molecule has 1 atom stereocenters. The number of hydrogen-bond donors (Lipinski definition) is 0. The van der Waals surface area contributed by atoms with Crippen LogP contribution in [-0.2, 0) is 28.6 Å². The highest BCUT2D eigenvalue weighted by molar-refractivity contribution is 5.71. The molecule has 1 unspecified atom stereocenters. The van der Waals surface area contributed by atoms with Gasteiger partial charge in [0.1, 0.15) is 13.2 Å². The van der Waals surface area contributed by atoms with Gasteiger partial charge in [0, 0.05) is 19.3 Å². The Morgan fingerprint density at radius 1 is 0.273 bits per heavy atom. The smallest absolute Gasteiger partial charge is 0.306 e. The number of ether oxygens (including phenoxy) is 3. The fourth-order valence-electron chi connectivity index (χ4n) is 8.61. The van der Waals surface area contributed by atoms with Crippen LogP contribution in [0.3, 0.4) is 0 Å². The topological polar surface area (TPSA) is 78.9 Å². The van der Waals surface area contributed by atoms with Gasteiger partial charge >= 0.3 is 17.9 Å². The van der Waals surface area contributed by atoms with Gasteiger partial charge in [-0.25, -0.2) is 0 Å². The van der Waals surface area contributed by atoms with Crippen LogP contribution in [0.4, 0.5) is 0 Å². The molecule has 0 saturated carbocycles. The SMILES string of the molecule is CC/C=C\C/C=C\C/C=C\C/C=C\C/C=C\C/C=C\CCCCCCCCCCC(=O)OCC(COC(=O)CCCCCCC/C=C\C/C=C\CCCC)OC(=O)CCCCCCCCC/C=C\C/C=C\CCCCCC. The van der Waals surface area contributed by atoms with Gasteiger partial charge in [0.2, 0.25) is 0 Å². The second-order valence-corrected chi connectivity index (χ2v) is 20.9. The molecule has 0 aromatic rings. The monoisotopic (exact) mass is 1070 g/mol. The lowest BCUT2D eigenvalue weighted by atomic mass is 10.1. The van der Waals surface area contributed by atoms with Gasteiger partial charge in [0.15, 0.2) is 6.10 Å². The van der Waals surface area contributed by atoms with Crippen LogP contribution in [0.5, 0.6) is 0 Å². The van der Waals surface area contributed by atoms with Crippen LogP contribution in [0.2, 0.25) is 0 Å². The minimum atomic E-state index is -0.796. The van der Waals surface area contributed by atoms with Crippen LogP contribution >= 0.6 is 0 Å². The third-order valence-electron chi connectivity index (χ3n) is 13.4. The van der Waals surface area contributed by atoms with Gasteiger partial charge in [-0.2, -0.15) is 0 Å². The zero-order chi connectivity index (χ0) is 55.7. The Morgan fingerprint density at radius 3 is 0.831 bits per heavy atom. The van der Waals surface area contributed by atoms with E-state index in [1.54, 1.807) is 0 Å². The van der Waals surface area contributed by atoms with Crippen molar-refractivity contribution in [1.82, 2.24) is 0 Å². The summed E-state index contributed by atoms with van der Waals surface area (Å²) in [5.74, 6) is -0.917. The van der Waals surface area contributed by atoms with Crippen LogP contribution in [0.25, 0.3) is 0 Å². The van der Waals surface area contributed by atoms with E-state index in [0.717, 1.165) is 141 Å². The summed E-state index contributed by atoms with van der Waals surface area (Å²) < 4.78 is 16.9.